The lowest BCUT2D eigenvalue weighted by atomic mass is 9.85. The van der Waals surface area contributed by atoms with E-state index in [9.17, 15) is 28.0 Å². The van der Waals surface area contributed by atoms with E-state index in [0.29, 0.717) is 40.5 Å². The Labute approximate surface area is 378 Å². The Morgan fingerprint density at radius 1 is 1.08 bits per heavy atom. The van der Waals surface area contributed by atoms with Crippen LogP contribution in [0.4, 0.5) is 20.3 Å². The molecule has 5 fully saturated rings. The van der Waals surface area contributed by atoms with Crippen molar-refractivity contribution in [2.45, 2.75) is 95.0 Å². The van der Waals surface area contributed by atoms with Crippen molar-refractivity contribution < 1.29 is 37.4 Å². The Hall–Kier alpha value is -6.17. The highest BCUT2D eigenvalue weighted by atomic mass is 19.3. The molecule has 1 aliphatic carbocycles. The summed E-state index contributed by atoms with van der Waals surface area (Å²) in [7, 11) is 3.17. The van der Waals surface area contributed by atoms with Crippen molar-refractivity contribution >= 4 is 45.9 Å². The van der Waals surface area contributed by atoms with Crippen LogP contribution in [0.3, 0.4) is 0 Å². The topological polar surface area (TPSA) is 184 Å². The molecule has 1 aromatic carbocycles. The highest BCUT2D eigenvalue weighted by Crippen LogP contribution is 2.37. The normalized spacial score (nSPS) is 25.7. The fraction of sp³-hybridized carbons (Fsp3) is 0.543. The van der Waals surface area contributed by atoms with E-state index >= 15 is 0 Å². The predicted molar refractivity (Wildman–Crippen MR) is 237 cm³/mol. The molecule has 18 nitrogen and oxygen atoms in total. The van der Waals surface area contributed by atoms with Gasteiger partial charge in [0.15, 0.2) is 11.3 Å². The summed E-state index contributed by atoms with van der Waals surface area (Å²) in [6.45, 7) is 6.43. The molecule has 10 rings (SSSR count). The molecule has 0 radical (unpaired) electrons. The van der Waals surface area contributed by atoms with E-state index in [-0.39, 0.29) is 72.5 Å². The summed E-state index contributed by atoms with van der Waals surface area (Å²) in [5.74, 6) is 6.81. The smallest absolute Gasteiger partial charge is 0.329 e. The number of hydrogen-bond acceptors (Lipinski definition) is 12. The number of alkyl halides is 2. The van der Waals surface area contributed by atoms with Gasteiger partial charge in [-0.05, 0) is 75.0 Å². The molecule has 0 spiro atoms. The number of imidazole rings is 1. The number of carbonyl (C=O) groups excluding carboxylic acids is 3. The minimum absolute atomic E-state index is 0.0162. The van der Waals surface area contributed by atoms with Crippen molar-refractivity contribution in [3.05, 3.63) is 64.1 Å². The van der Waals surface area contributed by atoms with Gasteiger partial charge in [-0.2, -0.15) is 10.2 Å². The van der Waals surface area contributed by atoms with Crippen LogP contribution >= 0.6 is 0 Å². The van der Waals surface area contributed by atoms with E-state index in [1.54, 1.807) is 30.1 Å². The molecule has 348 valence electrons. The van der Waals surface area contributed by atoms with Gasteiger partial charge in [-0.3, -0.25) is 33.5 Å². The van der Waals surface area contributed by atoms with Gasteiger partial charge in [-0.1, -0.05) is 18.8 Å². The second kappa shape index (κ2) is 17.9. The van der Waals surface area contributed by atoms with E-state index in [2.05, 4.69) is 49.4 Å². The van der Waals surface area contributed by atoms with Crippen LogP contribution in [-0.2, 0) is 26.1 Å². The van der Waals surface area contributed by atoms with Gasteiger partial charge >= 0.3 is 5.69 Å². The number of likely N-dealkylation sites (tertiary alicyclic amines) is 1. The van der Waals surface area contributed by atoms with Crippen molar-refractivity contribution in [3.8, 4) is 17.6 Å². The number of morpholine rings is 1. The van der Waals surface area contributed by atoms with Crippen LogP contribution in [0.15, 0.2) is 41.6 Å². The van der Waals surface area contributed by atoms with Gasteiger partial charge in [0, 0.05) is 52.0 Å². The maximum Gasteiger partial charge on any atom is 0.329 e. The van der Waals surface area contributed by atoms with Gasteiger partial charge in [0.05, 0.1) is 66.5 Å². The summed E-state index contributed by atoms with van der Waals surface area (Å²) in [6, 6.07) is 4.68. The number of aromatic nitrogens is 7. The highest BCUT2D eigenvalue weighted by Gasteiger charge is 2.40. The van der Waals surface area contributed by atoms with Crippen molar-refractivity contribution in [2.24, 2.45) is 18.9 Å². The third kappa shape index (κ3) is 8.21. The summed E-state index contributed by atoms with van der Waals surface area (Å²) in [5.41, 5.74) is 1.26. The van der Waals surface area contributed by atoms with Crippen LogP contribution in [-0.4, -0.2) is 121 Å². The van der Waals surface area contributed by atoms with E-state index in [1.807, 2.05) is 6.07 Å². The van der Waals surface area contributed by atoms with E-state index in [1.165, 1.54) is 33.2 Å². The van der Waals surface area contributed by atoms with E-state index < -0.39 is 30.0 Å². The molecular weight excluding hydrogens is 857 g/mol. The Morgan fingerprint density at radius 3 is 2.64 bits per heavy atom. The van der Waals surface area contributed by atoms with Gasteiger partial charge < -0.3 is 29.3 Å². The maximum absolute atomic E-state index is 14.3. The molecule has 20 heteroatoms. The number of fused-ring (bicyclic) bond motifs is 4. The highest BCUT2D eigenvalue weighted by molar-refractivity contribution is 6.08. The maximum atomic E-state index is 14.3. The molecule has 4 aromatic heterocycles. The van der Waals surface area contributed by atoms with Gasteiger partial charge in [-0.25, -0.2) is 23.1 Å². The molecular formula is C46H53F2N11O7. The van der Waals surface area contributed by atoms with E-state index in [4.69, 9.17) is 19.2 Å². The number of carbonyl (C=O) groups is 3. The number of aryl methyl sites for hydroxylation is 1. The van der Waals surface area contributed by atoms with Crippen molar-refractivity contribution in [1.29, 1.82) is 0 Å². The lowest BCUT2D eigenvalue weighted by molar-refractivity contribution is -0.135. The number of benzene rings is 1. The number of methoxy groups -OCH3 is 1. The van der Waals surface area contributed by atoms with Crippen molar-refractivity contribution in [2.75, 3.05) is 56.7 Å². The Bertz CT molecular complexity index is 2820. The largest absolute Gasteiger partial charge is 0.495 e. The third-order valence-electron chi connectivity index (χ3n) is 14.2. The van der Waals surface area contributed by atoms with Crippen molar-refractivity contribution in [3.63, 3.8) is 0 Å². The Kier molecular flexibility index (Phi) is 11.9. The standard InChI is InChI=1S/C46H53F2N11O7/c1-26-21-55(16-14-36(26)65-18-4-5-31-37(64-3)12-10-34-41(31)54(2)46(63)59(34)35-11-13-39(60)52-45(35)62)22-27-6-8-28(9-7-27)58-24-33(40(53-58)42(47)48)50-44(61)32-20-49-57-17-15-38(51-43(32)57)56-23-30-19-29(56)25-66-30/h10,12,15,17,20,24,26-30,35-36,42H,6-9,11,13-14,16,18-19,21-23,25H2,1-3H3,(H,50,61)(H,52,60,62)/t26-,27?,28?,29-,30-,35?,36-/m1/s1. The fourth-order valence-corrected chi connectivity index (χ4v) is 10.7. The first kappa shape index (κ1) is 43.7. The monoisotopic (exact) mass is 909 g/mol. The first-order chi connectivity index (χ1) is 31.9. The van der Waals surface area contributed by atoms with Crippen LogP contribution in [0.5, 0.6) is 5.75 Å². The molecule has 5 aromatic rings. The second-order valence-electron chi connectivity index (χ2n) is 18.3. The number of imide groups is 1. The zero-order valence-corrected chi connectivity index (χ0v) is 37.1. The molecule has 5 aliphatic rings. The van der Waals surface area contributed by atoms with Gasteiger partial charge in [-0.15, -0.1) is 0 Å². The van der Waals surface area contributed by atoms with Gasteiger partial charge in [0.2, 0.25) is 11.8 Å². The first-order valence-corrected chi connectivity index (χ1v) is 22.8. The number of anilines is 2. The zero-order chi connectivity index (χ0) is 45.8. The molecule has 3 amide bonds. The minimum atomic E-state index is -2.87. The molecule has 4 aliphatic heterocycles. The molecule has 1 unspecified atom stereocenters. The lowest BCUT2D eigenvalue weighted by Gasteiger charge is -2.39. The summed E-state index contributed by atoms with van der Waals surface area (Å²) in [4.78, 5) is 60.9. The van der Waals surface area contributed by atoms with Crippen LogP contribution in [0.25, 0.3) is 16.7 Å². The molecule has 4 saturated heterocycles. The molecule has 5 atom stereocenters. The quantitative estimate of drug-likeness (QED) is 0.142. The number of piperidine rings is 2. The molecule has 1 saturated carbocycles. The van der Waals surface area contributed by atoms with Crippen molar-refractivity contribution in [1.82, 2.24) is 43.7 Å². The van der Waals surface area contributed by atoms with Gasteiger partial charge in [0.1, 0.15) is 29.8 Å². The van der Waals surface area contributed by atoms with Crippen LogP contribution < -0.4 is 26.0 Å². The van der Waals surface area contributed by atoms with Crippen LogP contribution in [0, 0.1) is 23.7 Å². The SMILES string of the molecule is COc1ccc2c(c1C#CCO[C@@H]1CCN(CC3CCC(n4cc(NC(=O)c5cnn6ccc(N7C[C@H]8C[C@@H]7CO8)nc56)c(C(F)F)n4)CC3)C[C@H]1C)n(C)c(=O)n2C1CCC(=O)NC1=O. The van der Waals surface area contributed by atoms with Crippen LogP contribution in [0.1, 0.15) is 98.4 Å². The number of nitrogens with zero attached hydrogens (tertiary/aromatic N) is 9. The van der Waals surface area contributed by atoms with E-state index in [0.717, 1.165) is 70.5 Å². The molecule has 2 N–H and O–H groups in total. The summed E-state index contributed by atoms with van der Waals surface area (Å²) >= 11 is 0. The number of rotatable bonds is 11. The number of halogens is 2. The fourth-order valence-electron chi connectivity index (χ4n) is 10.7. The molecule has 66 heavy (non-hydrogen) atoms. The number of ether oxygens (including phenoxy) is 3. The lowest BCUT2D eigenvalue weighted by Crippen LogP contribution is -2.45. The van der Waals surface area contributed by atoms with Gasteiger partial charge in [0.25, 0.3) is 12.3 Å². The summed E-state index contributed by atoms with van der Waals surface area (Å²) < 4.78 is 52.3. The predicted octanol–water partition coefficient (Wildman–Crippen LogP) is 4.24. The Morgan fingerprint density at radius 2 is 1.91 bits per heavy atom. The van der Waals surface area contributed by atoms with Crippen LogP contribution in [0.2, 0.25) is 0 Å². The number of amides is 3. The zero-order valence-electron chi connectivity index (χ0n) is 37.1. The molecule has 8 heterocycles. The average Bonchev–Trinajstić information content (AvgIpc) is 4.16. The summed E-state index contributed by atoms with van der Waals surface area (Å²) in [6.07, 6.45) is 7.60. The Balaban J connectivity index is 0.722. The molecule has 2 bridgehead atoms. The minimum Gasteiger partial charge on any atom is -0.495 e. The second-order valence-corrected chi connectivity index (χ2v) is 18.3. The number of nitrogens with one attached hydrogen (secondary N) is 2. The first-order valence-electron chi connectivity index (χ1n) is 22.8. The summed E-state index contributed by atoms with van der Waals surface area (Å²) in [5, 5.41) is 13.6. The average molecular weight is 910 g/mol. The number of hydrogen-bond donors (Lipinski definition) is 2. The third-order valence-corrected chi connectivity index (χ3v) is 14.2.